The van der Waals surface area contributed by atoms with Gasteiger partial charge in [-0.25, -0.2) is 4.79 Å². The minimum Gasteiger partial charge on any atom is -0.342 e. The first-order valence-electron chi connectivity index (χ1n) is 7.75. The minimum atomic E-state index is -0.0486. The van der Waals surface area contributed by atoms with Crippen LogP contribution in [0.5, 0.6) is 0 Å². The van der Waals surface area contributed by atoms with Crippen LogP contribution < -0.4 is 5.69 Å². The third-order valence-corrected chi connectivity index (χ3v) is 5.10. The third-order valence-electron chi connectivity index (χ3n) is 4.24. The maximum atomic E-state index is 12.2. The zero-order valence-electron chi connectivity index (χ0n) is 12.7. The van der Waals surface area contributed by atoms with Gasteiger partial charge in [0.15, 0.2) is 0 Å². The molecule has 1 N–H and O–H groups in total. The number of carbonyl (C=O) groups is 1. The van der Waals surface area contributed by atoms with Gasteiger partial charge >= 0.3 is 5.69 Å². The number of hydrogen-bond acceptors (Lipinski definition) is 3. The molecule has 5 nitrogen and oxygen atoms in total. The van der Waals surface area contributed by atoms with Crippen LogP contribution >= 0.6 is 11.8 Å². The van der Waals surface area contributed by atoms with Crippen molar-refractivity contribution < 1.29 is 4.79 Å². The second-order valence-electron chi connectivity index (χ2n) is 5.57. The number of aromatic amines is 1. The van der Waals surface area contributed by atoms with E-state index in [1.54, 1.807) is 11.8 Å². The number of piperidine rings is 1. The number of aromatic nitrogens is 2. The molecule has 1 aromatic carbocycles. The molecule has 6 heteroatoms. The Labute approximate surface area is 133 Å². The van der Waals surface area contributed by atoms with Crippen molar-refractivity contribution in [2.24, 2.45) is 0 Å². The molecule has 2 aromatic rings. The van der Waals surface area contributed by atoms with Gasteiger partial charge in [0.1, 0.15) is 0 Å². The van der Waals surface area contributed by atoms with E-state index >= 15 is 0 Å². The van der Waals surface area contributed by atoms with Gasteiger partial charge in [-0.2, -0.15) is 11.8 Å². The quantitative estimate of drug-likeness (QED) is 0.940. The van der Waals surface area contributed by atoms with Crippen LogP contribution in [-0.4, -0.2) is 45.0 Å². The molecule has 118 valence electrons. The van der Waals surface area contributed by atoms with Crippen molar-refractivity contribution in [3.05, 3.63) is 34.7 Å². The van der Waals surface area contributed by atoms with E-state index in [4.69, 9.17) is 0 Å². The van der Waals surface area contributed by atoms with Gasteiger partial charge in [0, 0.05) is 19.1 Å². The molecule has 1 aromatic heterocycles. The van der Waals surface area contributed by atoms with Crippen molar-refractivity contribution in [3.63, 3.8) is 0 Å². The summed E-state index contributed by atoms with van der Waals surface area (Å²) in [5, 5.41) is 0. The summed E-state index contributed by atoms with van der Waals surface area (Å²) in [4.78, 5) is 29.1. The number of para-hydroxylation sites is 2. The Hall–Kier alpha value is -1.69. The zero-order valence-corrected chi connectivity index (χ0v) is 13.6. The molecule has 0 radical (unpaired) electrons. The number of imidazole rings is 1. The van der Waals surface area contributed by atoms with Crippen LogP contribution in [0, 0.1) is 0 Å². The molecular weight excluding hydrogens is 298 g/mol. The normalized spacial score (nSPS) is 16.3. The topological polar surface area (TPSA) is 58.1 Å². The second-order valence-corrected chi connectivity index (χ2v) is 6.84. The van der Waals surface area contributed by atoms with Gasteiger partial charge in [0.2, 0.25) is 5.91 Å². The molecule has 22 heavy (non-hydrogen) atoms. The SMILES string of the molecule is CCSCC(=O)N1CCC(n2c(=O)[nH]c3ccccc32)CC1. The lowest BCUT2D eigenvalue weighted by molar-refractivity contribution is -0.129. The number of nitrogens with one attached hydrogen (secondary N) is 1. The van der Waals surface area contributed by atoms with Crippen molar-refractivity contribution in [1.82, 2.24) is 14.5 Å². The van der Waals surface area contributed by atoms with Crippen molar-refractivity contribution in [2.45, 2.75) is 25.8 Å². The summed E-state index contributed by atoms with van der Waals surface area (Å²) in [6.07, 6.45) is 1.68. The molecule has 1 amide bonds. The van der Waals surface area contributed by atoms with E-state index < -0.39 is 0 Å². The van der Waals surface area contributed by atoms with Crippen LogP contribution in [0.1, 0.15) is 25.8 Å². The first kappa shape index (κ1) is 15.2. The first-order chi connectivity index (χ1) is 10.7. The molecule has 1 aliphatic rings. The Morgan fingerprint density at radius 3 is 2.77 bits per heavy atom. The lowest BCUT2D eigenvalue weighted by Crippen LogP contribution is -2.41. The summed E-state index contributed by atoms with van der Waals surface area (Å²) in [6.45, 7) is 3.53. The second kappa shape index (κ2) is 6.60. The van der Waals surface area contributed by atoms with Crippen molar-refractivity contribution in [1.29, 1.82) is 0 Å². The molecule has 0 bridgehead atoms. The van der Waals surface area contributed by atoms with Crippen LogP contribution in [-0.2, 0) is 4.79 Å². The van der Waals surface area contributed by atoms with Crippen LogP contribution in [0.3, 0.4) is 0 Å². The molecule has 0 atom stereocenters. The predicted molar refractivity (Wildman–Crippen MR) is 90.4 cm³/mol. The summed E-state index contributed by atoms with van der Waals surface area (Å²) in [6, 6.07) is 7.95. The Morgan fingerprint density at radius 1 is 1.32 bits per heavy atom. The lowest BCUT2D eigenvalue weighted by Gasteiger charge is -2.32. The molecule has 0 saturated carbocycles. The number of rotatable bonds is 4. The summed E-state index contributed by atoms with van der Waals surface area (Å²) in [5.74, 6) is 1.75. The number of fused-ring (bicyclic) bond motifs is 1. The van der Waals surface area contributed by atoms with Crippen LogP contribution in [0.2, 0.25) is 0 Å². The fourth-order valence-corrected chi connectivity index (χ4v) is 3.65. The number of hydrogen-bond donors (Lipinski definition) is 1. The molecule has 0 unspecified atom stereocenters. The summed E-state index contributed by atoms with van der Waals surface area (Å²) < 4.78 is 1.86. The van der Waals surface area contributed by atoms with E-state index in [2.05, 4.69) is 11.9 Å². The summed E-state index contributed by atoms with van der Waals surface area (Å²) >= 11 is 1.66. The highest BCUT2D eigenvalue weighted by Gasteiger charge is 2.25. The fraction of sp³-hybridized carbons (Fsp3) is 0.500. The Bertz CT molecular complexity index is 713. The largest absolute Gasteiger partial charge is 0.342 e. The Morgan fingerprint density at radius 2 is 2.05 bits per heavy atom. The molecule has 3 rings (SSSR count). The number of benzene rings is 1. The zero-order chi connectivity index (χ0) is 15.5. The van der Waals surface area contributed by atoms with Crippen molar-refractivity contribution in [2.75, 3.05) is 24.6 Å². The van der Waals surface area contributed by atoms with E-state index in [-0.39, 0.29) is 17.6 Å². The Balaban J connectivity index is 1.72. The average molecular weight is 319 g/mol. The molecule has 2 heterocycles. The maximum absolute atomic E-state index is 12.2. The molecule has 1 fully saturated rings. The van der Waals surface area contributed by atoms with Crippen molar-refractivity contribution in [3.8, 4) is 0 Å². The van der Waals surface area contributed by atoms with Gasteiger partial charge in [-0.15, -0.1) is 0 Å². The fourth-order valence-electron chi connectivity index (χ4n) is 3.09. The molecule has 1 aliphatic heterocycles. The predicted octanol–water partition coefficient (Wildman–Crippen LogP) is 2.25. The van der Waals surface area contributed by atoms with Gasteiger partial charge in [-0.3, -0.25) is 9.36 Å². The standard InChI is InChI=1S/C16H21N3O2S/c1-2-22-11-15(20)18-9-7-12(8-10-18)19-14-6-4-3-5-13(14)17-16(19)21/h3-6,12H,2,7-11H2,1H3,(H,17,21). The monoisotopic (exact) mass is 319 g/mol. The van der Waals surface area contributed by atoms with Gasteiger partial charge < -0.3 is 9.88 Å². The van der Waals surface area contributed by atoms with Gasteiger partial charge in [0.25, 0.3) is 0 Å². The Kier molecular flexibility index (Phi) is 4.57. The number of likely N-dealkylation sites (tertiary alicyclic amines) is 1. The van der Waals surface area contributed by atoms with E-state index in [1.165, 1.54) is 0 Å². The first-order valence-corrected chi connectivity index (χ1v) is 8.91. The third kappa shape index (κ3) is 2.92. The number of carbonyl (C=O) groups excluding carboxylic acids is 1. The number of amides is 1. The molecular formula is C16H21N3O2S. The lowest BCUT2D eigenvalue weighted by atomic mass is 10.0. The van der Waals surface area contributed by atoms with E-state index in [0.717, 1.165) is 42.7 Å². The highest BCUT2D eigenvalue weighted by Crippen LogP contribution is 2.25. The van der Waals surface area contributed by atoms with Crippen molar-refractivity contribution >= 4 is 28.7 Å². The van der Waals surface area contributed by atoms with Crippen LogP contribution in [0.25, 0.3) is 11.0 Å². The number of nitrogens with zero attached hydrogens (tertiary/aromatic N) is 2. The van der Waals surface area contributed by atoms with E-state index in [0.29, 0.717) is 5.75 Å². The minimum absolute atomic E-state index is 0.0486. The maximum Gasteiger partial charge on any atom is 0.326 e. The van der Waals surface area contributed by atoms with Gasteiger partial charge in [-0.1, -0.05) is 19.1 Å². The number of thioether (sulfide) groups is 1. The van der Waals surface area contributed by atoms with E-state index in [1.807, 2.05) is 33.7 Å². The summed E-state index contributed by atoms with van der Waals surface area (Å²) in [5.41, 5.74) is 1.79. The van der Waals surface area contributed by atoms with Gasteiger partial charge in [-0.05, 0) is 30.7 Å². The highest BCUT2D eigenvalue weighted by atomic mass is 32.2. The molecule has 0 aliphatic carbocycles. The van der Waals surface area contributed by atoms with Crippen LogP contribution in [0.15, 0.2) is 29.1 Å². The smallest absolute Gasteiger partial charge is 0.326 e. The van der Waals surface area contributed by atoms with Crippen LogP contribution in [0.4, 0.5) is 0 Å². The number of H-pyrrole nitrogens is 1. The summed E-state index contributed by atoms with van der Waals surface area (Å²) in [7, 11) is 0. The highest BCUT2D eigenvalue weighted by molar-refractivity contribution is 7.99. The average Bonchev–Trinajstić information content (AvgIpc) is 2.88. The molecule has 0 spiro atoms. The molecule has 1 saturated heterocycles. The van der Waals surface area contributed by atoms with E-state index in [9.17, 15) is 9.59 Å². The van der Waals surface area contributed by atoms with Gasteiger partial charge in [0.05, 0.1) is 16.8 Å².